The fraction of sp³-hybridized carbons (Fsp3) is 0.929. The Hall–Kier alpha value is -0.570. The van der Waals surface area contributed by atoms with Gasteiger partial charge in [-0.15, -0.1) is 0 Å². The quantitative estimate of drug-likeness (QED) is 0.768. The van der Waals surface area contributed by atoms with Gasteiger partial charge in [0.2, 0.25) is 0 Å². The third-order valence-corrected chi connectivity index (χ3v) is 4.48. The molecule has 1 saturated carbocycles. The fourth-order valence-corrected chi connectivity index (χ4v) is 3.51. The van der Waals surface area contributed by atoms with Gasteiger partial charge in [0.25, 0.3) is 0 Å². The molecule has 2 aliphatic rings. The highest BCUT2D eigenvalue weighted by Crippen LogP contribution is 2.35. The first-order valence-electron chi connectivity index (χ1n) is 7.07. The van der Waals surface area contributed by atoms with Gasteiger partial charge in [0.05, 0.1) is 7.11 Å². The Kier molecular flexibility index (Phi) is 4.84. The van der Waals surface area contributed by atoms with Crippen LogP contribution in [0.15, 0.2) is 0 Å². The fourth-order valence-electron chi connectivity index (χ4n) is 3.51. The van der Waals surface area contributed by atoms with Gasteiger partial charge in [-0.1, -0.05) is 32.1 Å². The largest absolute Gasteiger partial charge is 0.469 e. The van der Waals surface area contributed by atoms with Gasteiger partial charge in [-0.25, -0.2) is 0 Å². The van der Waals surface area contributed by atoms with Crippen LogP contribution >= 0.6 is 0 Å². The maximum atomic E-state index is 11.3. The Morgan fingerprint density at radius 1 is 1.18 bits per heavy atom. The van der Waals surface area contributed by atoms with Crippen LogP contribution in [0.4, 0.5) is 0 Å². The number of nitrogens with one attached hydrogen (secondary N) is 1. The van der Waals surface area contributed by atoms with Crippen LogP contribution in [0.1, 0.15) is 44.9 Å². The highest BCUT2D eigenvalue weighted by atomic mass is 16.5. The summed E-state index contributed by atoms with van der Waals surface area (Å²) in [5.74, 6) is 2.12. The highest BCUT2D eigenvalue weighted by Gasteiger charge is 2.30. The molecule has 1 aliphatic heterocycles. The second-order valence-electron chi connectivity index (χ2n) is 5.70. The molecule has 0 aromatic carbocycles. The number of methoxy groups -OCH3 is 1. The molecule has 0 radical (unpaired) electrons. The molecule has 0 aromatic rings. The normalized spacial score (nSPS) is 31.1. The van der Waals surface area contributed by atoms with Crippen molar-refractivity contribution in [2.24, 2.45) is 17.8 Å². The van der Waals surface area contributed by atoms with E-state index in [1.54, 1.807) is 0 Å². The summed E-state index contributed by atoms with van der Waals surface area (Å²) in [5.41, 5.74) is 0. The van der Waals surface area contributed by atoms with Crippen LogP contribution in [-0.2, 0) is 9.53 Å². The van der Waals surface area contributed by atoms with Gasteiger partial charge in [0.1, 0.15) is 0 Å². The predicted molar refractivity (Wildman–Crippen MR) is 67.7 cm³/mol. The molecule has 1 saturated heterocycles. The van der Waals surface area contributed by atoms with E-state index in [1.165, 1.54) is 45.6 Å². The molecule has 3 heteroatoms. The first-order chi connectivity index (χ1) is 8.29. The van der Waals surface area contributed by atoms with Crippen molar-refractivity contribution in [3.05, 3.63) is 0 Å². The summed E-state index contributed by atoms with van der Waals surface area (Å²) in [4.78, 5) is 11.3. The molecule has 0 unspecified atom stereocenters. The Morgan fingerprint density at radius 2 is 1.94 bits per heavy atom. The monoisotopic (exact) mass is 239 g/mol. The SMILES string of the molecule is COC(=O)C[C@@H]1CNC[C@H](C2CCCCC2)C1. The van der Waals surface area contributed by atoms with Gasteiger partial charge >= 0.3 is 5.97 Å². The first kappa shape index (κ1) is 12.9. The molecule has 2 atom stereocenters. The predicted octanol–water partition coefficient (Wildman–Crippen LogP) is 2.36. The van der Waals surface area contributed by atoms with Crippen LogP contribution in [0.25, 0.3) is 0 Å². The Balaban J connectivity index is 1.81. The zero-order valence-electron chi connectivity index (χ0n) is 10.9. The molecule has 0 aromatic heterocycles. The number of hydrogen-bond donors (Lipinski definition) is 1. The van der Waals surface area contributed by atoms with Crippen molar-refractivity contribution in [3.8, 4) is 0 Å². The lowest BCUT2D eigenvalue weighted by Crippen LogP contribution is -2.40. The van der Waals surface area contributed by atoms with Gasteiger partial charge in [-0.2, -0.15) is 0 Å². The number of carbonyl (C=O) groups excluding carboxylic acids is 1. The van der Waals surface area contributed by atoms with Gasteiger partial charge in [-0.3, -0.25) is 4.79 Å². The second-order valence-corrected chi connectivity index (χ2v) is 5.70. The van der Waals surface area contributed by atoms with E-state index in [9.17, 15) is 4.79 Å². The molecule has 3 nitrogen and oxygen atoms in total. The molecule has 2 rings (SSSR count). The van der Waals surface area contributed by atoms with E-state index in [-0.39, 0.29) is 5.97 Å². The number of hydrogen-bond acceptors (Lipinski definition) is 3. The summed E-state index contributed by atoms with van der Waals surface area (Å²) in [6.45, 7) is 2.14. The summed E-state index contributed by atoms with van der Waals surface area (Å²) in [6.07, 6.45) is 8.84. The standard InChI is InChI=1S/C14H25NO2/c1-17-14(16)8-11-7-13(10-15-9-11)12-5-3-2-4-6-12/h11-13,15H,2-10H2,1H3/t11-,13-/m1/s1. The Labute approximate surface area is 104 Å². The van der Waals surface area contributed by atoms with Crippen LogP contribution in [0, 0.1) is 17.8 Å². The van der Waals surface area contributed by atoms with Crippen molar-refractivity contribution in [1.82, 2.24) is 5.32 Å². The molecule has 17 heavy (non-hydrogen) atoms. The summed E-state index contributed by atoms with van der Waals surface area (Å²) < 4.78 is 4.77. The van der Waals surface area contributed by atoms with Crippen molar-refractivity contribution >= 4 is 5.97 Å². The molecule has 0 bridgehead atoms. The molecular weight excluding hydrogens is 214 g/mol. The number of piperidine rings is 1. The number of rotatable bonds is 3. The van der Waals surface area contributed by atoms with E-state index in [0.717, 1.165) is 24.9 Å². The molecule has 1 N–H and O–H groups in total. The molecule has 1 aliphatic carbocycles. The highest BCUT2D eigenvalue weighted by molar-refractivity contribution is 5.69. The zero-order chi connectivity index (χ0) is 12.1. The Morgan fingerprint density at radius 3 is 2.65 bits per heavy atom. The maximum Gasteiger partial charge on any atom is 0.305 e. The van der Waals surface area contributed by atoms with Crippen molar-refractivity contribution in [1.29, 1.82) is 0 Å². The summed E-state index contributed by atoms with van der Waals surface area (Å²) >= 11 is 0. The number of esters is 1. The van der Waals surface area contributed by atoms with Gasteiger partial charge in [-0.05, 0) is 37.3 Å². The minimum Gasteiger partial charge on any atom is -0.469 e. The molecule has 1 heterocycles. The topological polar surface area (TPSA) is 38.3 Å². The molecule has 98 valence electrons. The van der Waals surface area contributed by atoms with Gasteiger partial charge in [0.15, 0.2) is 0 Å². The lowest BCUT2D eigenvalue weighted by atomic mass is 9.74. The van der Waals surface area contributed by atoms with E-state index < -0.39 is 0 Å². The summed E-state index contributed by atoms with van der Waals surface area (Å²) in [5, 5.41) is 3.50. The molecule has 2 fully saturated rings. The van der Waals surface area contributed by atoms with E-state index in [2.05, 4.69) is 5.32 Å². The van der Waals surface area contributed by atoms with E-state index >= 15 is 0 Å². The number of carbonyl (C=O) groups is 1. The molecule has 0 amide bonds. The lowest BCUT2D eigenvalue weighted by Gasteiger charge is -2.36. The van der Waals surface area contributed by atoms with Gasteiger partial charge in [0, 0.05) is 6.42 Å². The zero-order valence-corrected chi connectivity index (χ0v) is 10.9. The van der Waals surface area contributed by atoms with Crippen molar-refractivity contribution in [2.45, 2.75) is 44.9 Å². The van der Waals surface area contributed by atoms with Crippen LogP contribution in [0.2, 0.25) is 0 Å². The van der Waals surface area contributed by atoms with Gasteiger partial charge < -0.3 is 10.1 Å². The van der Waals surface area contributed by atoms with Crippen LogP contribution in [0.3, 0.4) is 0 Å². The summed E-state index contributed by atoms with van der Waals surface area (Å²) in [6, 6.07) is 0. The lowest BCUT2D eigenvalue weighted by molar-refractivity contribution is -0.142. The van der Waals surface area contributed by atoms with E-state index in [4.69, 9.17) is 4.74 Å². The van der Waals surface area contributed by atoms with Crippen LogP contribution < -0.4 is 5.32 Å². The Bertz CT molecular complexity index is 249. The first-order valence-corrected chi connectivity index (χ1v) is 7.07. The smallest absolute Gasteiger partial charge is 0.305 e. The van der Waals surface area contributed by atoms with E-state index in [1.807, 2.05) is 0 Å². The molecule has 0 spiro atoms. The summed E-state index contributed by atoms with van der Waals surface area (Å²) in [7, 11) is 1.48. The van der Waals surface area contributed by atoms with E-state index in [0.29, 0.717) is 12.3 Å². The third kappa shape index (κ3) is 3.70. The van der Waals surface area contributed by atoms with Crippen molar-refractivity contribution in [2.75, 3.05) is 20.2 Å². The third-order valence-electron chi connectivity index (χ3n) is 4.48. The van der Waals surface area contributed by atoms with Crippen molar-refractivity contribution in [3.63, 3.8) is 0 Å². The second kappa shape index (κ2) is 6.39. The average molecular weight is 239 g/mol. The number of ether oxygens (including phenoxy) is 1. The minimum absolute atomic E-state index is 0.0545. The van der Waals surface area contributed by atoms with Crippen LogP contribution in [-0.4, -0.2) is 26.2 Å². The minimum atomic E-state index is -0.0545. The van der Waals surface area contributed by atoms with Crippen molar-refractivity contribution < 1.29 is 9.53 Å². The maximum absolute atomic E-state index is 11.3. The average Bonchev–Trinajstić information content (AvgIpc) is 2.40. The van der Waals surface area contributed by atoms with Crippen LogP contribution in [0.5, 0.6) is 0 Å². The molecular formula is C14H25NO2.